The van der Waals surface area contributed by atoms with Gasteiger partial charge in [-0.25, -0.2) is 4.39 Å². The second-order valence-corrected chi connectivity index (χ2v) is 5.42. The first-order valence-corrected chi connectivity index (χ1v) is 7.55. The fourth-order valence-electron chi connectivity index (χ4n) is 2.28. The van der Waals surface area contributed by atoms with Crippen molar-refractivity contribution in [3.05, 3.63) is 83.6 Å². The molecule has 0 spiro atoms. The van der Waals surface area contributed by atoms with Crippen LogP contribution >= 0.6 is 0 Å². The smallest absolute Gasteiger partial charge is 0.291 e. The predicted octanol–water partition coefficient (Wildman–Crippen LogP) is 4.23. The number of nitrogens with one attached hydrogen (secondary N) is 2. The van der Waals surface area contributed by atoms with E-state index in [0.29, 0.717) is 16.9 Å². The summed E-state index contributed by atoms with van der Waals surface area (Å²) < 4.78 is 18.0. The maximum Gasteiger partial charge on any atom is 0.291 e. The standard InChI is InChI=1S/C19H15FN2O3/c1-12-11-15(21-18(23)13-4-6-14(20)7-5-13)8-9-16(12)22-19(24)17-3-2-10-25-17/h2-11H,1H3,(H,21,23)(H,22,24). The zero-order chi connectivity index (χ0) is 17.8. The number of rotatable bonds is 4. The Bertz CT molecular complexity index is 903. The molecule has 5 nitrogen and oxygen atoms in total. The molecule has 0 aliphatic carbocycles. The molecule has 2 N–H and O–H groups in total. The maximum absolute atomic E-state index is 12.9. The molecular formula is C19H15FN2O3. The summed E-state index contributed by atoms with van der Waals surface area (Å²) in [5.41, 5.74) is 2.31. The topological polar surface area (TPSA) is 71.3 Å². The molecule has 0 atom stereocenters. The first-order valence-electron chi connectivity index (χ1n) is 7.55. The maximum atomic E-state index is 12.9. The van der Waals surface area contributed by atoms with Crippen LogP contribution in [0.1, 0.15) is 26.5 Å². The van der Waals surface area contributed by atoms with Crippen molar-refractivity contribution in [3.63, 3.8) is 0 Å². The first-order chi connectivity index (χ1) is 12.0. The Kier molecular flexibility index (Phi) is 4.61. The van der Waals surface area contributed by atoms with Crippen molar-refractivity contribution in [2.45, 2.75) is 6.92 Å². The number of hydrogen-bond acceptors (Lipinski definition) is 3. The molecule has 25 heavy (non-hydrogen) atoms. The van der Waals surface area contributed by atoms with Crippen LogP contribution in [0.4, 0.5) is 15.8 Å². The van der Waals surface area contributed by atoms with E-state index in [1.165, 1.54) is 30.5 Å². The molecule has 0 radical (unpaired) electrons. The molecule has 2 amide bonds. The third-order valence-corrected chi connectivity index (χ3v) is 3.58. The van der Waals surface area contributed by atoms with Gasteiger partial charge in [0, 0.05) is 16.9 Å². The highest BCUT2D eigenvalue weighted by atomic mass is 19.1. The third kappa shape index (κ3) is 3.92. The largest absolute Gasteiger partial charge is 0.459 e. The van der Waals surface area contributed by atoms with Crippen LogP contribution in [0.5, 0.6) is 0 Å². The molecule has 1 heterocycles. The fraction of sp³-hybridized carbons (Fsp3) is 0.0526. The van der Waals surface area contributed by atoms with Gasteiger partial charge in [-0.2, -0.15) is 0 Å². The van der Waals surface area contributed by atoms with Crippen LogP contribution in [0.3, 0.4) is 0 Å². The Hall–Kier alpha value is -3.41. The van der Waals surface area contributed by atoms with Crippen LogP contribution in [0.2, 0.25) is 0 Å². The Morgan fingerprint density at radius 3 is 2.36 bits per heavy atom. The minimum Gasteiger partial charge on any atom is -0.459 e. The summed E-state index contributed by atoms with van der Waals surface area (Å²) in [5.74, 6) is -0.875. The molecule has 3 aromatic rings. The molecule has 0 unspecified atom stereocenters. The summed E-state index contributed by atoms with van der Waals surface area (Å²) >= 11 is 0. The lowest BCUT2D eigenvalue weighted by atomic mass is 10.1. The molecular weight excluding hydrogens is 323 g/mol. The summed E-state index contributed by atoms with van der Waals surface area (Å²) in [7, 11) is 0. The SMILES string of the molecule is Cc1cc(NC(=O)c2ccc(F)cc2)ccc1NC(=O)c1ccco1. The fourth-order valence-corrected chi connectivity index (χ4v) is 2.28. The van der Waals surface area contributed by atoms with E-state index in [0.717, 1.165) is 5.56 Å². The number of carbonyl (C=O) groups is 2. The lowest BCUT2D eigenvalue weighted by Crippen LogP contribution is -2.14. The zero-order valence-corrected chi connectivity index (χ0v) is 13.4. The number of anilines is 2. The normalized spacial score (nSPS) is 10.3. The van der Waals surface area contributed by atoms with Crippen molar-refractivity contribution in [2.24, 2.45) is 0 Å². The quantitative estimate of drug-likeness (QED) is 0.748. The number of benzene rings is 2. The Labute approximate surface area is 143 Å². The van der Waals surface area contributed by atoms with E-state index in [-0.39, 0.29) is 17.6 Å². The Morgan fingerprint density at radius 2 is 1.72 bits per heavy atom. The van der Waals surface area contributed by atoms with E-state index >= 15 is 0 Å². The van der Waals surface area contributed by atoms with Crippen LogP contribution in [-0.2, 0) is 0 Å². The van der Waals surface area contributed by atoms with E-state index in [1.54, 1.807) is 30.3 Å². The van der Waals surface area contributed by atoms with Gasteiger partial charge in [-0.1, -0.05) is 0 Å². The van der Waals surface area contributed by atoms with Crippen molar-refractivity contribution in [3.8, 4) is 0 Å². The van der Waals surface area contributed by atoms with Gasteiger partial charge < -0.3 is 15.1 Å². The Morgan fingerprint density at radius 1 is 0.960 bits per heavy atom. The highest BCUT2D eigenvalue weighted by molar-refractivity contribution is 6.05. The highest BCUT2D eigenvalue weighted by Gasteiger charge is 2.11. The number of halogens is 1. The summed E-state index contributed by atoms with van der Waals surface area (Å²) in [6.07, 6.45) is 1.43. The van der Waals surface area contributed by atoms with Crippen LogP contribution < -0.4 is 10.6 Å². The van der Waals surface area contributed by atoms with E-state index in [1.807, 2.05) is 6.92 Å². The molecule has 126 valence electrons. The number of carbonyl (C=O) groups excluding carboxylic acids is 2. The molecule has 2 aromatic carbocycles. The first kappa shape index (κ1) is 16.4. The predicted molar refractivity (Wildman–Crippen MR) is 92.2 cm³/mol. The van der Waals surface area contributed by atoms with Crippen LogP contribution in [0.25, 0.3) is 0 Å². The molecule has 0 saturated carbocycles. The number of aryl methyl sites for hydroxylation is 1. The molecule has 0 bridgehead atoms. The minimum absolute atomic E-state index is 0.216. The van der Waals surface area contributed by atoms with Crippen molar-refractivity contribution in [2.75, 3.05) is 10.6 Å². The Balaban J connectivity index is 1.70. The zero-order valence-electron chi connectivity index (χ0n) is 13.4. The molecule has 3 rings (SSSR count). The second-order valence-electron chi connectivity index (χ2n) is 5.42. The van der Waals surface area contributed by atoms with Gasteiger partial charge in [0.15, 0.2) is 5.76 Å². The molecule has 0 aliphatic rings. The average molecular weight is 338 g/mol. The van der Waals surface area contributed by atoms with Gasteiger partial charge in [-0.05, 0) is 67.1 Å². The summed E-state index contributed by atoms with van der Waals surface area (Å²) in [4.78, 5) is 24.1. The van der Waals surface area contributed by atoms with Gasteiger partial charge in [0.1, 0.15) is 5.82 Å². The summed E-state index contributed by atoms with van der Waals surface area (Å²) in [5, 5.41) is 5.48. The van der Waals surface area contributed by atoms with Crippen molar-refractivity contribution >= 4 is 23.2 Å². The van der Waals surface area contributed by atoms with Crippen LogP contribution in [0, 0.1) is 12.7 Å². The van der Waals surface area contributed by atoms with Gasteiger partial charge in [0.25, 0.3) is 11.8 Å². The van der Waals surface area contributed by atoms with Crippen molar-refractivity contribution < 1.29 is 18.4 Å². The van der Waals surface area contributed by atoms with Crippen molar-refractivity contribution in [1.82, 2.24) is 0 Å². The molecule has 0 fully saturated rings. The second kappa shape index (κ2) is 7.00. The van der Waals surface area contributed by atoms with Crippen LogP contribution in [-0.4, -0.2) is 11.8 Å². The average Bonchev–Trinajstić information content (AvgIpc) is 3.12. The van der Waals surface area contributed by atoms with Gasteiger partial charge in [0.2, 0.25) is 0 Å². The van der Waals surface area contributed by atoms with Gasteiger partial charge in [0.05, 0.1) is 6.26 Å². The van der Waals surface area contributed by atoms with E-state index in [2.05, 4.69) is 10.6 Å². The molecule has 1 aromatic heterocycles. The van der Waals surface area contributed by atoms with Gasteiger partial charge in [-0.15, -0.1) is 0 Å². The van der Waals surface area contributed by atoms with Gasteiger partial charge >= 0.3 is 0 Å². The van der Waals surface area contributed by atoms with Crippen LogP contribution in [0.15, 0.2) is 65.3 Å². The minimum atomic E-state index is -0.399. The van der Waals surface area contributed by atoms with E-state index in [4.69, 9.17) is 4.42 Å². The lowest BCUT2D eigenvalue weighted by molar-refractivity contribution is 0.0994. The lowest BCUT2D eigenvalue weighted by Gasteiger charge is -2.10. The number of hydrogen-bond donors (Lipinski definition) is 2. The van der Waals surface area contributed by atoms with Gasteiger partial charge in [-0.3, -0.25) is 9.59 Å². The third-order valence-electron chi connectivity index (χ3n) is 3.58. The molecule has 0 saturated heterocycles. The number of furan rings is 1. The molecule has 6 heteroatoms. The molecule has 0 aliphatic heterocycles. The highest BCUT2D eigenvalue weighted by Crippen LogP contribution is 2.21. The van der Waals surface area contributed by atoms with E-state index < -0.39 is 5.82 Å². The summed E-state index contributed by atoms with van der Waals surface area (Å²) in [6, 6.07) is 13.6. The van der Waals surface area contributed by atoms with Crippen molar-refractivity contribution in [1.29, 1.82) is 0 Å². The number of amides is 2. The monoisotopic (exact) mass is 338 g/mol. The summed E-state index contributed by atoms with van der Waals surface area (Å²) in [6.45, 7) is 1.81. The van der Waals surface area contributed by atoms with E-state index in [9.17, 15) is 14.0 Å².